The van der Waals surface area contributed by atoms with Gasteiger partial charge in [0.1, 0.15) is 12.8 Å². The molecule has 9 heteroatoms. The van der Waals surface area contributed by atoms with E-state index in [2.05, 4.69) is 10.6 Å². The molecular formula is C17H33FN2O6. The number of carbonyl (C=O) groups excluding carboxylic acids is 2. The number of alkyl halides is 1. The van der Waals surface area contributed by atoms with Crippen molar-refractivity contribution in [3.05, 3.63) is 0 Å². The predicted octanol–water partition coefficient (Wildman–Crippen LogP) is 0.442. The molecule has 0 spiro atoms. The Labute approximate surface area is 155 Å². The Hall–Kier alpha value is -1.29. The Morgan fingerprint density at radius 3 is 2.15 bits per heavy atom. The molecule has 0 aromatic carbocycles. The SMILES string of the molecule is CCC(=O)NCC(F)COCCOCCOCCNC(=O)COC(C)C. The summed E-state index contributed by atoms with van der Waals surface area (Å²) in [6.45, 7) is 7.56. The molecule has 2 N–H and O–H groups in total. The number of rotatable bonds is 17. The van der Waals surface area contributed by atoms with Gasteiger partial charge in [-0.1, -0.05) is 6.92 Å². The van der Waals surface area contributed by atoms with Gasteiger partial charge in [-0.15, -0.1) is 0 Å². The fourth-order valence-electron chi connectivity index (χ4n) is 1.62. The van der Waals surface area contributed by atoms with Gasteiger partial charge in [0.25, 0.3) is 0 Å². The number of ether oxygens (including phenoxy) is 4. The molecule has 0 radical (unpaired) electrons. The minimum absolute atomic E-state index is 0.0239. The van der Waals surface area contributed by atoms with E-state index in [4.69, 9.17) is 18.9 Å². The zero-order valence-electron chi connectivity index (χ0n) is 16.1. The highest BCUT2D eigenvalue weighted by atomic mass is 19.1. The molecule has 26 heavy (non-hydrogen) atoms. The van der Waals surface area contributed by atoms with Gasteiger partial charge in [-0.05, 0) is 13.8 Å². The first-order valence-corrected chi connectivity index (χ1v) is 8.98. The van der Waals surface area contributed by atoms with Gasteiger partial charge in [0.05, 0.1) is 52.3 Å². The Morgan fingerprint density at radius 2 is 1.54 bits per heavy atom. The van der Waals surface area contributed by atoms with Crippen LogP contribution in [0.25, 0.3) is 0 Å². The van der Waals surface area contributed by atoms with Gasteiger partial charge < -0.3 is 29.6 Å². The third kappa shape index (κ3) is 17.5. The average molecular weight is 380 g/mol. The van der Waals surface area contributed by atoms with Crippen LogP contribution in [-0.4, -0.2) is 83.4 Å². The number of halogens is 1. The van der Waals surface area contributed by atoms with Gasteiger partial charge >= 0.3 is 0 Å². The molecule has 0 heterocycles. The van der Waals surface area contributed by atoms with Gasteiger partial charge in [0, 0.05) is 13.0 Å². The highest BCUT2D eigenvalue weighted by Gasteiger charge is 2.08. The van der Waals surface area contributed by atoms with E-state index in [9.17, 15) is 14.0 Å². The van der Waals surface area contributed by atoms with E-state index >= 15 is 0 Å². The molecule has 0 saturated heterocycles. The van der Waals surface area contributed by atoms with Crippen LogP contribution >= 0.6 is 0 Å². The second kappa shape index (κ2) is 17.1. The van der Waals surface area contributed by atoms with E-state index in [0.29, 0.717) is 39.4 Å². The third-order valence-corrected chi connectivity index (χ3v) is 3.00. The van der Waals surface area contributed by atoms with Crippen molar-refractivity contribution in [1.82, 2.24) is 10.6 Å². The standard InChI is InChI=1S/C17H33FN2O6/c1-4-16(21)20-11-15(18)12-25-10-9-24-8-7-23-6-5-19-17(22)13-26-14(2)3/h14-15H,4-13H2,1-3H3,(H,19,22)(H,20,21). The maximum absolute atomic E-state index is 13.4. The minimum Gasteiger partial charge on any atom is -0.377 e. The van der Waals surface area contributed by atoms with E-state index < -0.39 is 6.17 Å². The second-order valence-corrected chi connectivity index (χ2v) is 5.76. The van der Waals surface area contributed by atoms with Gasteiger partial charge in [-0.3, -0.25) is 9.59 Å². The van der Waals surface area contributed by atoms with Gasteiger partial charge in [-0.2, -0.15) is 0 Å². The molecule has 0 aliphatic carbocycles. The van der Waals surface area contributed by atoms with E-state index in [1.165, 1.54) is 0 Å². The molecule has 0 rings (SSSR count). The van der Waals surface area contributed by atoms with Crippen LogP contribution in [0.15, 0.2) is 0 Å². The normalized spacial score (nSPS) is 12.2. The van der Waals surface area contributed by atoms with Crippen molar-refractivity contribution in [2.45, 2.75) is 39.5 Å². The lowest BCUT2D eigenvalue weighted by atomic mass is 10.4. The topological polar surface area (TPSA) is 95.1 Å². The molecular weight excluding hydrogens is 347 g/mol. The average Bonchev–Trinajstić information content (AvgIpc) is 2.62. The Kier molecular flexibility index (Phi) is 16.3. The minimum atomic E-state index is -1.23. The van der Waals surface area contributed by atoms with E-state index in [0.717, 1.165) is 0 Å². The number of hydrogen-bond acceptors (Lipinski definition) is 6. The van der Waals surface area contributed by atoms with Crippen molar-refractivity contribution in [2.75, 3.05) is 59.3 Å². The van der Waals surface area contributed by atoms with E-state index in [1.54, 1.807) is 6.92 Å². The van der Waals surface area contributed by atoms with Crippen LogP contribution in [0.5, 0.6) is 0 Å². The Morgan fingerprint density at radius 1 is 0.923 bits per heavy atom. The molecule has 0 fully saturated rings. The summed E-state index contributed by atoms with van der Waals surface area (Å²) in [5.41, 5.74) is 0. The smallest absolute Gasteiger partial charge is 0.246 e. The van der Waals surface area contributed by atoms with Crippen molar-refractivity contribution in [3.8, 4) is 0 Å². The summed E-state index contributed by atoms with van der Waals surface area (Å²) in [5.74, 6) is -0.351. The first-order chi connectivity index (χ1) is 12.5. The first kappa shape index (κ1) is 24.7. The summed E-state index contributed by atoms with van der Waals surface area (Å²) in [6.07, 6.45) is -0.867. The first-order valence-electron chi connectivity index (χ1n) is 8.98. The summed E-state index contributed by atoms with van der Waals surface area (Å²) >= 11 is 0. The molecule has 0 aromatic rings. The van der Waals surface area contributed by atoms with Crippen LogP contribution in [0.4, 0.5) is 4.39 Å². The highest BCUT2D eigenvalue weighted by molar-refractivity contribution is 5.77. The summed E-state index contributed by atoms with van der Waals surface area (Å²) in [4.78, 5) is 22.3. The Balaban J connectivity index is 3.26. The van der Waals surface area contributed by atoms with Gasteiger partial charge in [0.15, 0.2) is 0 Å². The second-order valence-electron chi connectivity index (χ2n) is 5.76. The zero-order chi connectivity index (χ0) is 19.6. The molecule has 1 unspecified atom stereocenters. The molecule has 2 amide bonds. The van der Waals surface area contributed by atoms with Crippen LogP contribution < -0.4 is 10.6 Å². The maximum atomic E-state index is 13.4. The predicted molar refractivity (Wildman–Crippen MR) is 94.8 cm³/mol. The van der Waals surface area contributed by atoms with Crippen LogP contribution in [0.2, 0.25) is 0 Å². The van der Waals surface area contributed by atoms with Crippen molar-refractivity contribution in [2.24, 2.45) is 0 Å². The van der Waals surface area contributed by atoms with Crippen LogP contribution in [0, 0.1) is 0 Å². The van der Waals surface area contributed by atoms with Crippen LogP contribution in [-0.2, 0) is 28.5 Å². The molecule has 0 saturated carbocycles. The van der Waals surface area contributed by atoms with Crippen LogP contribution in [0.3, 0.4) is 0 Å². The summed E-state index contributed by atoms with van der Waals surface area (Å²) in [7, 11) is 0. The molecule has 0 aromatic heterocycles. The summed E-state index contributed by atoms with van der Waals surface area (Å²) in [6, 6.07) is 0. The van der Waals surface area contributed by atoms with Crippen molar-refractivity contribution in [3.63, 3.8) is 0 Å². The summed E-state index contributed by atoms with van der Waals surface area (Å²) < 4.78 is 34.2. The number of hydrogen-bond donors (Lipinski definition) is 2. The van der Waals surface area contributed by atoms with Crippen molar-refractivity contribution >= 4 is 11.8 Å². The highest BCUT2D eigenvalue weighted by Crippen LogP contribution is 1.92. The molecule has 154 valence electrons. The van der Waals surface area contributed by atoms with Crippen LogP contribution in [0.1, 0.15) is 27.2 Å². The van der Waals surface area contributed by atoms with Gasteiger partial charge in [0.2, 0.25) is 11.8 Å². The van der Waals surface area contributed by atoms with Crippen molar-refractivity contribution in [1.29, 1.82) is 0 Å². The Bertz CT molecular complexity index is 371. The van der Waals surface area contributed by atoms with Crippen molar-refractivity contribution < 1.29 is 32.9 Å². The molecule has 0 aliphatic heterocycles. The number of carbonyl (C=O) groups is 2. The largest absolute Gasteiger partial charge is 0.377 e. The molecule has 8 nitrogen and oxygen atoms in total. The lowest BCUT2D eigenvalue weighted by Gasteiger charge is -2.11. The lowest BCUT2D eigenvalue weighted by molar-refractivity contribution is -0.127. The fourth-order valence-corrected chi connectivity index (χ4v) is 1.62. The maximum Gasteiger partial charge on any atom is 0.246 e. The monoisotopic (exact) mass is 380 g/mol. The molecule has 0 bridgehead atoms. The fraction of sp³-hybridized carbons (Fsp3) is 0.882. The summed E-state index contributed by atoms with van der Waals surface area (Å²) in [5, 5.41) is 5.14. The van der Waals surface area contributed by atoms with E-state index in [1.807, 2.05) is 13.8 Å². The quantitative estimate of drug-likeness (QED) is 0.356. The van der Waals surface area contributed by atoms with E-state index in [-0.39, 0.29) is 44.3 Å². The number of amides is 2. The third-order valence-electron chi connectivity index (χ3n) is 3.00. The molecule has 0 aliphatic rings. The van der Waals surface area contributed by atoms with Gasteiger partial charge in [-0.25, -0.2) is 4.39 Å². The molecule has 1 atom stereocenters. The number of nitrogens with one attached hydrogen (secondary N) is 2. The zero-order valence-corrected chi connectivity index (χ0v) is 16.1. The lowest BCUT2D eigenvalue weighted by Crippen LogP contribution is -2.32.